The van der Waals surface area contributed by atoms with Crippen LogP contribution in [0.15, 0.2) is 0 Å². The zero-order valence-corrected chi connectivity index (χ0v) is 12.0. The van der Waals surface area contributed by atoms with Crippen molar-refractivity contribution >= 4 is 28.2 Å². The highest BCUT2D eigenvalue weighted by Crippen LogP contribution is 2.27. The molecule has 0 aromatic carbocycles. The van der Waals surface area contributed by atoms with E-state index in [0.29, 0.717) is 6.04 Å². The maximum Gasteiger partial charge on any atom is 0.185 e. The summed E-state index contributed by atoms with van der Waals surface area (Å²) in [6, 6.07) is 0.520. The van der Waals surface area contributed by atoms with Gasteiger partial charge >= 0.3 is 0 Å². The van der Waals surface area contributed by atoms with Crippen molar-refractivity contribution in [3.63, 3.8) is 0 Å². The number of aromatic nitrogens is 1. The number of hydrogen-bond acceptors (Lipinski definition) is 5. The Balaban J connectivity index is 2.81. The molecule has 1 rings (SSSR count). The lowest BCUT2D eigenvalue weighted by Crippen LogP contribution is -2.32. The number of aryl methyl sites for hydroxylation is 1. The van der Waals surface area contributed by atoms with Gasteiger partial charge in [0.2, 0.25) is 0 Å². The van der Waals surface area contributed by atoms with Gasteiger partial charge in [-0.25, -0.2) is 4.98 Å². The molecule has 1 heterocycles. The zero-order chi connectivity index (χ0) is 12.1. The van der Waals surface area contributed by atoms with Gasteiger partial charge in [0.25, 0.3) is 0 Å². The minimum atomic E-state index is 0.0939. The van der Waals surface area contributed by atoms with Gasteiger partial charge in [0.15, 0.2) is 5.13 Å². The van der Waals surface area contributed by atoms with E-state index < -0.39 is 0 Å². The maximum atomic E-state index is 9.16. The summed E-state index contributed by atoms with van der Waals surface area (Å²) in [5.41, 5.74) is 0.952. The Labute approximate surface area is 106 Å². The summed E-state index contributed by atoms with van der Waals surface area (Å²) in [5.74, 6) is 1.11. The van der Waals surface area contributed by atoms with Crippen molar-refractivity contribution in [2.75, 3.05) is 24.0 Å². The van der Waals surface area contributed by atoms with Crippen molar-refractivity contribution < 1.29 is 5.11 Å². The number of hydrogen-bond donors (Lipinski definition) is 1. The molecular formula is C11H20N2OS2. The lowest BCUT2D eigenvalue weighted by molar-refractivity contribution is 0.284. The molecule has 1 aromatic heterocycles. The number of rotatable bonds is 6. The largest absolute Gasteiger partial charge is 0.391 e. The van der Waals surface area contributed by atoms with Crippen LogP contribution in [0.2, 0.25) is 0 Å². The average Bonchev–Trinajstić information content (AvgIpc) is 2.66. The molecule has 0 saturated carbocycles. The normalized spacial score (nSPS) is 12.8. The molecule has 0 radical (unpaired) electrons. The molecule has 0 bridgehead atoms. The molecule has 0 amide bonds. The fourth-order valence-corrected chi connectivity index (χ4v) is 3.36. The maximum absolute atomic E-state index is 9.16. The van der Waals surface area contributed by atoms with Gasteiger partial charge in [0, 0.05) is 18.8 Å². The molecule has 0 fully saturated rings. The molecule has 1 aromatic rings. The van der Waals surface area contributed by atoms with Gasteiger partial charge in [-0.2, -0.15) is 11.8 Å². The lowest BCUT2D eigenvalue weighted by atomic mass is 10.2. The van der Waals surface area contributed by atoms with Crippen LogP contribution in [0.5, 0.6) is 0 Å². The summed E-state index contributed by atoms with van der Waals surface area (Å²) in [7, 11) is 2.09. The van der Waals surface area contributed by atoms with E-state index in [4.69, 9.17) is 5.11 Å². The number of anilines is 1. The molecule has 1 unspecified atom stereocenters. The van der Waals surface area contributed by atoms with Crippen LogP contribution in [0, 0.1) is 6.92 Å². The molecular weight excluding hydrogens is 240 g/mol. The van der Waals surface area contributed by atoms with Crippen molar-refractivity contribution in [2.24, 2.45) is 0 Å². The predicted molar refractivity (Wildman–Crippen MR) is 73.6 cm³/mol. The number of thiazole rings is 1. The van der Waals surface area contributed by atoms with E-state index in [2.05, 4.69) is 30.1 Å². The molecule has 3 nitrogen and oxygen atoms in total. The lowest BCUT2D eigenvalue weighted by Gasteiger charge is -2.26. The van der Waals surface area contributed by atoms with Crippen LogP contribution < -0.4 is 4.90 Å². The molecule has 0 aliphatic heterocycles. The fraction of sp³-hybridized carbons (Fsp3) is 0.727. The molecule has 0 aliphatic rings. The van der Waals surface area contributed by atoms with E-state index in [0.717, 1.165) is 27.9 Å². The molecule has 1 N–H and O–H groups in total. The van der Waals surface area contributed by atoms with Gasteiger partial charge < -0.3 is 10.0 Å². The third kappa shape index (κ3) is 3.12. The van der Waals surface area contributed by atoms with Crippen molar-refractivity contribution in [1.82, 2.24) is 4.98 Å². The Morgan fingerprint density at radius 2 is 2.25 bits per heavy atom. The first kappa shape index (κ1) is 13.8. The van der Waals surface area contributed by atoms with Crippen LogP contribution in [0.1, 0.15) is 23.9 Å². The Kier molecular flexibility index (Phi) is 5.58. The van der Waals surface area contributed by atoms with E-state index in [1.54, 1.807) is 11.3 Å². The summed E-state index contributed by atoms with van der Waals surface area (Å²) < 4.78 is 0. The highest BCUT2D eigenvalue weighted by atomic mass is 32.2. The van der Waals surface area contributed by atoms with Crippen LogP contribution in [-0.2, 0) is 6.61 Å². The number of aliphatic hydroxyl groups is 1. The first-order valence-corrected chi connectivity index (χ1v) is 7.64. The molecule has 1 atom stereocenters. The van der Waals surface area contributed by atoms with Crippen LogP contribution in [0.25, 0.3) is 0 Å². The first-order valence-electron chi connectivity index (χ1n) is 5.42. The van der Waals surface area contributed by atoms with Crippen LogP contribution in [-0.4, -0.2) is 35.2 Å². The molecule has 16 heavy (non-hydrogen) atoms. The van der Waals surface area contributed by atoms with Crippen molar-refractivity contribution in [3.8, 4) is 0 Å². The van der Waals surface area contributed by atoms with Gasteiger partial charge in [0.1, 0.15) is 0 Å². The highest BCUT2D eigenvalue weighted by molar-refractivity contribution is 7.98. The van der Waals surface area contributed by atoms with E-state index in [1.165, 1.54) is 0 Å². The van der Waals surface area contributed by atoms with E-state index in [-0.39, 0.29) is 6.61 Å². The van der Waals surface area contributed by atoms with Crippen molar-refractivity contribution in [3.05, 3.63) is 10.6 Å². The quantitative estimate of drug-likeness (QED) is 0.852. The third-order valence-electron chi connectivity index (χ3n) is 2.70. The van der Waals surface area contributed by atoms with Gasteiger partial charge in [-0.15, -0.1) is 0 Å². The smallest absolute Gasteiger partial charge is 0.185 e. The van der Waals surface area contributed by atoms with Crippen molar-refractivity contribution in [2.45, 2.75) is 32.9 Å². The summed E-state index contributed by atoms with van der Waals surface area (Å²) in [6.07, 6.45) is 3.24. The Hall–Kier alpha value is -0.260. The van der Waals surface area contributed by atoms with Gasteiger partial charge in [-0.1, -0.05) is 18.3 Å². The molecule has 0 saturated heterocycles. The van der Waals surface area contributed by atoms with E-state index in [1.807, 2.05) is 18.7 Å². The highest BCUT2D eigenvalue weighted by Gasteiger charge is 2.17. The standard InChI is InChI=1S/C11H20N2OS2/c1-5-9(7-15-4)13(3)11-12-8(2)10(6-14)16-11/h9,14H,5-7H2,1-4H3. The van der Waals surface area contributed by atoms with Gasteiger partial charge in [-0.3, -0.25) is 0 Å². The average molecular weight is 260 g/mol. The van der Waals surface area contributed by atoms with Gasteiger partial charge in [0.05, 0.1) is 17.2 Å². The third-order valence-corrected chi connectivity index (χ3v) is 4.66. The second-order valence-corrected chi connectivity index (χ2v) is 5.76. The molecule has 5 heteroatoms. The molecule has 0 aliphatic carbocycles. The SMILES string of the molecule is CCC(CSC)N(C)c1nc(C)c(CO)s1. The fourth-order valence-electron chi connectivity index (χ4n) is 1.56. The van der Waals surface area contributed by atoms with Crippen LogP contribution >= 0.6 is 23.1 Å². The number of thioether (sulfide) groups is 1. The van der Waals surface area contributed by atoms with E-state index >= 15 is 0 Å². The summed E-state index contributed by atoms with van der Waals surface area (Å²) in [6.45, 7) is 4.25. The second-order valence-electron chi connectivity index (χ2n) is 3.79. The molecule has 0 spiro atoms. The van der Waals surface area contributed by atoms with Gasteiger partial charge in [-0.05, 0) is 19.6 Å². The minimum Gasteiger partial charge on any atom is -0.391 e. The summed E-state index contributed by atoms with van der Waals surface area (Å²) in [5, 5.41) is 10.2. The topological polar surface area (TPSA) is 36.4 Å². The Morgan fingerprint density at radius 3 is 2.69 bits per heavy atom. The Morgan fingerprint density at radius 1 is 1.56 bits per heavy atom. The predicted octanol–water partition coefficient (Wildman–Crippen LogP) is 2.52. The Bertz CT molecular complexity index is 328. The first-order chi connectivity index (χ1) is 7.63. The monoisotopic (exact) mass is 260 g/mol. The minimum absolute atomic E-state index is 0.0939. The van der Waals surface area contributed by atoms with Crippen molar-refractivity contribution in [1.29, 1.82) is 0 Å². The summed E-state index contributed by atoms with van der Waals surface area (Å²) >= 11 is 3.45. The molecule has 92 valence electrons. The summed E-state index contributed by atoms with van der Waals surface area (Å²) in [4.78, 5) is 7.71. The number of aliphatic hydroxyl groups excluding tert-OH is 1. The van der Waals surface area contributed by atoms with Crippen LogP contribution in [0.4, 0.5) is 5.13 Å². The van der Waals surface area contributed by atoms with Crippen LogP contribution in [0.3, 0.4) is 0 Å². The zero-order valence-electron chi connectivity index (χ0n) is 10.4. The second kappa shape index (κ2) is 6.47. The number of nitrogens with zero attached hydrogens (tertiary/aromatic N) is 2. The van der Waals surface area contributed by atoms with E-state index in [9.17, 15) is 0 Å².